The molecule has 5 nitrogen and oxygen atoms in total. The van der Waals surface area contributed by atoms with Crippen molar-refractivity contribution < 1.29 is 4.79 Å². The van der Waals surface area contributed by atoms with E-state index >= 15 is 0 Å². The van der Waals surface area contributed by atoms with E-state index in [0.717, 1.165) is 34.3 Å². The molecule has 0 saturated carbocycles. The summed E-state index contributed by atoms with van der Waals surface area (Å²) in [6.07, 6.45) is 5.85. The monoisotopic (exact) mass is 300 g/mol. The Kier molecular flexibility index (Phi) is 3.16. The van der Waals surface area contributed by atoms with E-state index in [1.54, 1.807) is 24.7 Å². The predicted molar refractivity (Wildman–Crippen MR) is 87.5 cm³/mol. The van der Waals surface area contributed by atoms with Crippen molar-refractivity contribution in [3.05, 3.63) is 72.9 Å². The summed E-state index contributed by atoms with van der Waals surface area (Å²) in [6.45, 7) is 0. The van der Waals surface area contributed by atoms with Crippen LogP contribution in [0.2, 0.25) is 0 Å². The van der Waals surface area contributed by atoms with Crippen LogP contribution >= 0.6 is 0 Å². The minimum Gasteiger partial charge on any atom is -0.299 e. The number of carbonyl (C=O) groups excluding carboxylic acids is 1. The Bertz CT molecular complexity index is 992. The number of aromatic nitrogens is 4. The van der Waals surface area contributed by atoms with Gasteiger partial charge >= 0.3 is 0 Å². The summed E-state index contributed by atoms with van der Waals surface area (Å²) in [6, 6.07) is 15.4. The molecule has 0 unspecified atom stereocenters. The van der Waals surface area contributed by atoms with Gasteiger partial charge in [0.05, 0.1) is 16.7 Å². The normalized spacial score (nSPS) is 10.8. The largest absolute Gasteiger partial charge is 0.299 e. The van der Waals surface area contributed by atoms with Gasteiger partial charge in [0.1, 0.15) is 18.9 Å². The van der Waals surface area contributed by atoms with Gasteiger partial charge in [0, 0.05) is 23.0 Å². The number of hydrogen-bond acceptors (Lipinski definition) is 4. The summed E-state index contributed by atoms with van der Waals surface area (Å²) in [5.41, 5.74) is 5.24. The van der Waals surface area contributed by atoms with Gasteiger partial charge in [-0.2, -0.15) is 0 Å². The van der Waals surface area contributed by atoms with Gasteiger partial charge in [0.2, 0.25) is 0 Å². The number of fused-ring (bicyclic) bond motifs is 1. The predicted octanol–water partition coefficient (Wildman–Crippen LogP) is 3.30. The van der Waals surface area contributed by atoms with Crippen LogP contribution in [0.3, 0.4) is 0 Å². The Morgan fingerprint density at radius 3 is 2.78 bits per heavy atom. The summed E-state index contributed by atoms with van der Waals surface area (Å²) in [5.74, 6) is 0. The molecule has 0 saturated heterocycles. The van der Waals surface area contributed by atoms with Crippen molar-refractivity contribution in [2.45, 2.75) is 0 Å². The smallest absolute Gasteiger partial charge is 0.150 e. The second-order valence-electron chi connectivity index (χ2n) is 5.13. The number of aldehydes is 1. The first-order valence-electron chi connectivity index (χ1n) is 7.14. The summed E-state index contributed by atoms with van der Waals surface area (Å²) in [7, 11) is 0. The van der Waals surface area contributed by atoms with E-state index in [2.05, 4.69) is 21.0 Å². The number of nitrogens with zero attached hydrogens (tertiary/aromatic N) is 4. The van der Waals surface area contributed by atoms with Gasteiger partial charge in [0.25, 0.3) is 0 Å². The lowest BCUT2D eigenvalue weighted by Gasteiger charge is -2.07. The van der Waals surface area contributed by atoms with Crippen molar-refractivity contribution in [1.29, 1.82) is 0 Å². The van der Waals surface area contributed by atoms with Crippen LogP contribution in [0.1, 0.15) is 10.4 Å². The van der Waals surface area contributed by atoms with Gasteiger partial charge in [-0.25, -0.2) is 15.0 Å². The number of imidazole rings is 1. The molecule has 0 aliphatic heterocycles. The van der Waals surface area contributed by atoms with E-state index < -0.39 is 0 Å². The minimum atomic E-state index is 0.623. The lowest BCUT2D eigenvalue weighted by Crippen LogP contribution is -1.93. The first kappa shape index (κ1) is 13.3. The maximum Gasteiger partial charge on any atom is 0.150 e. The van der Waals surface area contributed by atoms with Crippen LogP contribution in [0, 0.1) is 0 Å². The van der Waals surface area contributed by atoms with E-state index in [0.29, 0.717) is 5.56 Å². The molecule has 110 valence electrons. The molecule has 0 spiro atoms. The van der Waals surface area contributed by atoms with Crippen molar-refractivity contribution >= 4 is 17.3 Å². The van der Waals surface area contributed by atoms with Gasteiger partial charge in [-0.15, -0.1) is 0 Å². The summed E-state index contributed by atoms with van der Waals surface area (Å²) < 4.78 is 1.99. The summed E-state index contributed by atoms with van der Waals surface area (Å²) in [5, 5.41) is 0. The Morgan fingerprint density at radius 1 is 1.00 bits per heavy atom. The van der Waals surface area contributed by atoms with Crippen LogP contribution in [-0.4, -0.2) is 25.8 Å². The first-order chi connectivity index (χ1) is 11.3. The van der Waals surface area contributed by atoms with Gasteiger partial charge in [0.15, 0.2) is 0 Å². The molecule has 5 heteroatoms. The van der Waals surface area contributed by atoms with Crippen molar-refractivity contribution in [3.63, 3.8) is 0 Å². The Labute approximate surface area is 132 Å². The van der Waals surface area contributed by atoms with Crippen molar-refractivity contribution in [2.24, 2.45) is 0 Å². The molecule has 0 atom stereocenters. The molecule has 0 bridgehead atoms. The molecule has 4 rings (SSSR count). The van der Waals surface area contributed by atoms with Crippen LogP contribution in [0.25, 0.3) is 28.0 Å². The maximum atomic E-state index is 10.9. The average molecular weight is 300 g/mol. The molecule has 0 N–H and O–H groups in total. The second-order valence-corrected chi connectivity index (χ2v) is 5.13. The van der Waals surface area contributed by atoms with Crippen molar-refractivity contribution in [1.82, 2.24) is 19.5 Å². The molecule has 2 aromatic carbocycles. The van der Waals surface area contributed by atoms with E-state index in [9.17, 15) is 4.79 Å². The third-order valence-electron chi connectivity index (χ3n) is 3.71. The highest BCUT2D eigenvalue weighted by atomic mass is 16.1. The molecular formula is C18H12N4O. The van der Waals surface area contributed by atoms with E-state index in [1.165, 1.54) is 6.33 Å². The fourth-order valence-corrected chi connectivity index (χ4v) is 2.59. The Balaban J connectivity index is 1.84. The van der Waals surface area contributed by atoms with Crippen LogP contribution in [-0.2, 0) is 0 Å². The highest BCUT2D eigenvalue weighted by molar-refractivity contribution is 5.86. The lowest BCUT2D eigenvalue weighted by atomic mass is 10.1. The molecule has 0 amide bonds. The fourth-order valence-electron chi connectivity index (χ4n) is 2.59. The summed E-state index contributed by atoms with van der Waals surface area (Å²) >= 11 is 0. The Hall–Kier alpha value is -3.34. The molecule has 2 aromatic heterocycles. The van der Waals surface area contributed by atoms with Gasteiger partial charge in [-0.1, -0.05) is 12.1 Å². The fraction of sp³-hybridized carbons (Fsp3) is 0. The van der Waals surface area contributed by atoms with Crippen LogP contribution in [0.4, 0.5) is 0 Å². The van der Waals surface area contributed by atoms with E-state index in [1.807, 2.05) is 34.9 Å². The number of benzene rings is 2. The highest BCUT2D eigenvalue weighted by Gasteiger charge is 2.07. The molecule has 2 heterocycles. The molecular weight excluding hydrogens is 288 g/mol. The van der Waals surface area contributed by atoms with Gasteiger partial charge < -0.3 is 0 Å². The zero-order valence-corrected chi connectivity index (χ0v) is 12.1. The lowest BCUT2D eigenvalue weighted by molar-refractivity contribution is 0.112. The average Bonchev–Trinajstić information content (AvgIpc) is 3.05. The molecule has 0 aliphatic carbocycles. The number of hydrogen-bond donors (Lipinski definition) is 0. The van der Waals surface area contributed by atoms with Crippen molar-refractivity contribution in [3.8, 4) is 16.9 Å². The number of rotatable bonds is 3. The van der Waals surface area contributed by atoms with Crippen LogP contribution < -0.4 is 0 Å². The standard InChI is InChI=1S/C18H12N4O/c23-10-13-4-5-18-17(8-13)21-12-22(18)15-3-1-2-14(9-15)16-6-7-19-11-20-16/h1-12H. The quantitative estimate of drug-likeness (QED) is 0.545. The van der Waals surface area contributed by atoms with Crippen molar-refractivity contribution in [2.75, 3.05) is 0 Å². The molecule has 0 aliphatic rings. The van der Waals surface area contributed by atoms with E-state index in [4.69, 9.17) is 0 Å². The topological polar surface area (TPSA) is 60.7 Å². The third-order valence-corrected chi connectivity index (χ3v) is 3.71. The van der Waals surface area contributed by atoms with E-state index in [-0.39, 0.29) is 0 Å². The first-order valence-corrected chi connectivity index (χ1v) is 7.14. The van der Waals surface area contributed by atoms with Gasteiger partial charge in [-0.3, -0.25) is 9.36 Å². The molecule has 0 fully saturated rings. The maximum absolute atomic E-state index is 10.9. The summed E-state index contributed by atoms with van der Waals surface area (Å²) in [4.78, 5) is 23.5. The minimum absolute atomic E-state index is 0.623. The SMILES string of the molecule is O=Cc1ccc2c(c1)ncn2-c1cccc(-c2ccncn2)c1. The number of carbonyl (C=O) groups is 1. The van der Waals surface area contributed by atoms with Crippen LogP contribution in [0.5, 0.6) is 0 Å². The molecule has 0 radical (unpaired) electrons. The van der Waals surface area contributed by atoms with Crippen LogP contribution in [0.15, 0.2) is 67.4 Å². The second kappa shape index (κ2) is 5.46. The zero-order valence-electron chi connectivity index (χ0n) is 12.1. The third kappa shape index (κ3) is 2.38. The molecule has 23 heavy (non-hydrogen) atoms. The highest BCUT2D eigenvalue weighted by Crippen LogP contribution is 2.23. The zero-order chi connectivity index (χ0) is 15.6. The molecule has 4 aromatic rings. The van der Waals surface area contributed by atoms with Gasteiger partial charge in [-0.05, 0) is 36.4 Å². The Morgan fingerprint density at radius 2 is 1.96 bits per heavy atom.